The Morgan fingerprint density at radius 1 is 1.07 bits per heavy atom. The smallest absolute Gasteiger partial charge is 0.276 e. The van der Waals surface area contributed by atoms with Crippen LogP contribution in [0.5, 0.6) is 5.75 Å². The van der Waals surface area contributed by atoms with Crippen molar-refractivity contribution >= 4 is 11.6 Å². The van der Waals surface area contributed by atoms with E-state index in [1.807, 2.05) is 62.4 Å². The van der Waals surface area contributed by atoms with Gasteiger partial charge in [-0.25, -0.2) is 4.68 Å². The summed E-state index contributed by atoms with van der Waals surface area (Å²) in [6, 6.07) is 18.0. The van der Waals surface area contributed by atoms with Crippen LogP contribution in [0.25, 0.3) is 0 Å². The summed E-state index contributed by atoms with van der Waals surface area (Å²) >= 11 is 0. The van der Waals surface area contributed by atoms with Gasteiger partial charge in [-0.05, 0) is 42.7 Å². The molecule has 1 heterocycles. The summed E-state index contributed by atoms with van der Waals surface area (Å²) < 4.78 is 6.85. The van der Waals surface area contributed by atoms with E-state index in [0.717, 1.165) is 29.0 Å². The Hall–Kier alpha value is -3.41. The fourth-order valence-corrected chi connectivity index (χ4v) is 2.88. The van der Waals surface area contributed by atoms with Crippen LogP contribution >= 0.6 is 0 Å². The zero-order valence-corrected chi connectivity index (χ0v) is 16.0. The van der Waals surface area contributed by atoms with Crippen molar-refractivity contribution in [3.05, 3.63) is 87.8 Å². The van der Waals surface area contributed by atoms with E-state index in [-0.39, 0.29) is 30.3 Å². The predicted octanol–water partition coefficient (Wildman–Crippen LogP) is 3.45. The van der Waals surface area contributed by atoms with Crippen LogP contribution in [0, 0.1) is 6.92 Å². The van der Waals surface area contributed by atoms with Crippen molar-refractivity contribution in [2.45, 2.75) is 26.8 Å². The number of amides is 1. The first-order chi connectivity index (χ1) is 13.6. The van der Waals surface area contributed by atoms with Gasteiger partial charge in [0.05, 0.1) is 6.54 Å². The molecule has 2 aromatic carbocycles. The highest BCUT2D eigenvalue weighted by Gasteiger charge is 2.13. The zero-order valence-electron chi connectivity index (χ0n) is 16.0. The van der Waals surface area contributed by atoms with Crippen LogP contribution < -0.4 is 15.6 Å². The van der Waals surface area contributed by atoms with Crippen LogP contribution in [0.3, 0.4) is 0 Å². The molecule has 6 heteroatoms. The van der Waals surface area contributed by atoms with E-state index in [0.29, 0.717) is 0 Å². The van der Waals surface area contributed by atoms with E-state index in [1.54, 1.807) is 0 Å². The maximum atomic E-state index is 12.7. The number of aryl methyl sites for hydroxylation is 2. The molecule has 3 aromatic rings. The summed E-state index contributed by atoms with van der Waals surface area (Å²) in [7, 11) is 0. The van der Waals surface area contributed by atoms with Crippen LogP contribution in [0.15, 0.2) is 65.5 Å². The van der Waals surface area contributed by atoms with Crippen molar-refractivity contribution in [3.8, 4) is 5.75 Å². The van der Waals surface area contributed by atoms with Crippen LogP contribution in [-0.4, -0.2) is 22.3 Å². The van der Waals surface area contributed by atoms with Gasteiger partial charge in [-0.1, -0.05) is 43.3 Å². The number of benzene rings is 2. The first kappa shape index (κ1) is 19.4. The first-order valence-corrected chi connectivity index (χ1v) is 9.24. The third-order valence-electron chi connectivity index (χ3n) is 4.39. The molecule has 1 amide bonds. The Labute approximate surface area is 163 Å². The molecule has 0 unspecified atom stereocenters. The number of rotatable bonds is 7. The number of hydrogen-bond donors (Lipinski definition) is 1. The van der Waals surface area contributed by atoms with Crippen molar-refractivity contribution in [3.63, 3.8) is 0 Å². The Kier molecular flexibility index (Phi) is 6.22. The van der Waals surface area contributed by atoms with Gasteiger partial charge < -0.3 is 10.1 Å². The molecule has 0 aliphatic heterocycles. The summed E-state index contributed by atoms with van der Waals surface area (Å²) in [5.74, 6) is 0.373. The molecule has 3 rings (SSSR count). The van der Waals surface area contributed by atoms with Crippen LogP contribution in [0.2, 0.25) is 0 Å². The molecule has 1 aromatic heterocycles. The molecule has 0 radical (unpaired) electrons. The third-order valence-corrected chi connectivity index (χ3v) is 4.39. The first-order valence-electron chi connectivity index (χ1n) is 9.24. The molecular weight excluding hydrogens is 354 g/mol. The van der Waals surface area contributed by atoms with Gasteiger partial charge in [0.1, 0.15) is 18.1 Å². The Balaban J connectivity index is 1.72. The second-order valence-electron chi connectivity index (χ2n) is 6.36. The predicted molar refractivity (Wildman–Crippen MR) is 109 cm³/mol. The normalized spacial score (nSPS) is 10.5. The second-order valence-corrected chi connectivity index (χ2v) is 6.36. The molecule has 0 spiro atoms. The zero-order chi connectivity index (χ0) is 19.9. The highest BCUT2D eigenvalue weighted by atomic mass is 16.5. The molecule has 0 bridgehead atoms. The fourth-order valence-electron chi connectivity index (χ4n) is 2.88. The lowest BCUT2D eigenvalue weighted by Crippen LogP contribution is -2.28. The highest BCUT2D eigenvalue weighted by Crippen LogP contribution is 2.21. The van der Waals surface area contributed by atoms with Crippen molar-refractivity contribution in [1.82, 2.24) is 9.78 Å². The molecular formula is C22H23N3O3. The van der Waals surface area contributed by atoms with Gasteiger partial charge in [0.2, 0.25) is 0 Å². The van der Waals surface area contributed by atoms with Crippen LogP contribution in [0.1, 0.15) is 28.5 Å². The van der Waals surface area contributed by atoms with Crippen molar-refractivity contribution in [2.24, 2.45) is 0 Å². The number of hydrogen-bond acceptors (Lipinski definition) is 4. The van der Waals surface area contributed by atoms with Crippen molar-refractivity contribution in [2.75, 3.05) is 11.9 Å². The Morgan fingerprint density at radius 2 is 1.86 bits per heavy atom. The molecule has 0 aliphatic rings. The number of anilines is 1. The summed E-state index contributed by atoms with van der Waals surface area (Å²) in [4.78, 5) is 24.7. The number of nitrogens with zero attached hydrogens (tertiary/aromatic N) is 2. The third kappa shape index (κ3) is 4.65. The average Bonchev–Trinajstić information content (AvgIpc) is 2.71. The lowest BCUT2D eigenvalue weighted by molar-refractivity contribution is 0.101. The van der Waals surface area contributed by atoms with Gasteiger partial charge in [-0.3, -0.25) is 9.59 Å². The van der Waals surface area contributed by atoms with Crippen LogP contribution in [-0.2, 0) is 13.0 Å². The van der Waals surface area contributed by atoms with Gasteiger partial charge in [-0.15, -0.1) is 0 Å². The molecule has 0 saturated carbocycles. The number of carbonyl (C=O) groups excluding carboxylic acids is 1. The molecule has 1 N–H and O–H groups in total. The quantitative estimate of drug-likeness (QED) is 0.684. The number of para-hydroxylation sites is 2. The van der Waals surface area contributed by atoms with Gasteiger partial charge in [0.15, 0.2) is 0 Å². The van der Waals surface area contributed by atoms with Gasteiger partial charge in [0.25, 0.3) is 11.5 Å². The minimum atomic E-state index is -0.346. The molecule has 6 nitrogen and oxygen atoms in total. The lowest BCUT2D eigenvalue weighted by atomic mass is 10.1. The summed E-state index contributed by atoms with van der Waals surface area (Å²) in [6.45, 7) is 4.51. The molecule has 0 atom stereocenters. The van der Waals surface area contributed by atoms with E-state index in [1.165, 1.54) is 16.8 Å². The molecule has 28 heavy (non-hydrogen) atoms. The standard InChI is InChI=1S/C22H23N3O3/c1-3-17-9-7-8-16(2)21(17)23-22(27)19-12-13-20(26)25(24-19)14-15-28-18-10-5-4-6-11-18/h4-13H,3,14-15H2,1-2H3,(H,23,27). The van der Waals surface area contributed by atoms with Gasteiger partial charge in [0, 0.05) is 11.8 Å². The summed E-state index contributed by atoms with van der Waals surface area (Å²) in [6.07, 6.45) is 0.807. The van der Waals surface area contributed by atoms with Gasteiger partial charge >= 0.3 is 0 Å². The van der Waals surface area contributed by atoms with E-state index in [4.69, 9.17) is 4.74 Å². The van der Waals surface area contributed by atoms with E-state index in [2.05, 4.69) is 10.4 Å². The highest BCUT2D eigenvalue weighted by molar-refractivity contribution is 6.03. The van der Waals surface area contributed by atoms with E-state index >= 15 is 0 Å². The Bertz CT molecular complexity index is 1010. The number of nitrogens with one attached hydrogen (secondary N) is 1. The summed E-state index contributed by atoms with van der Waals surface area (Å²) in [5.41, 5.74) is 2.74. The van der Waals surface area contributed by atoms with Crippen molar-refractivity contribution in [1.29, 1.82) is 0 Å². The molecule has 144 valence electrons. The maximum Gasteiger partial charge on any atom is 0.276 e. The second kappa shape index (κ2) is 8.99. The van der Waals surface area contributed by atoms with E-state index < -0.39 is 0 Å². The monoisotopic (exact) mass is 377 g/mol. The molecule has 0 saturated heterocycles. The molecule has 0 aliphatic carbocycles. The average molecular weight is 377 g/mol. The SMILES string of the molecule is CCc1cccc(C)c1NC(=O)c1ccc(=O)n(CCOc2ccccc2)n1. The van der Waals surface area contributed by atoms with Crippen molar-refractivity contribution < 1.29 is 9.53 Å². The number of ether oxygens (including phenoxy) is 1. The van der Waals surface area contributed by atoms with Crippen LogP contribution in [0.4, 0.5) is 5.69 Å². The topological polar surface area (TPSA) is 73.2 Å². The number of carbonyl (C=O) groups is 1. The Morgan fingerprint density at radius 3 is 2.61 bits per heavy atom. The minimum Gasteiger partial charge on any atom is -0.492 e. The van der Waals surface area contributed by atoms with E-state index in [9.17, 15) is 9.59 Å². The fraction of sp³-hybridized carbons (Fsp3) is 0.227. The lowest BCUT2D eigenvalue weighted by Gasteiger charge is -2.13. The molecule has 0 fully saturated rings. The largest absolute Gasteiger partial charge is 0.492 e. The summed E-state index contributed by atoms with van der Waals surface area (Å²) in [5, 5.41) is 7.12. The maximum absolute atomic E-state index is 12.7. The minimum absolute atomic E-state index is 0.185. The van der Waals surface area contributed by atoms with Gasteiger partial charge in [-0.2, -0.15) is 5.10 Å². The number of aromatic nitrogens is 2.